The Bertz CT molecular complexity index is 561. The lowest BCUT2D eigenvalue weighted by atomic mass is 10.0. The number of amides is 1. The van der Waals surface area contributed by atoms with E-state index in [9.17, 15) is 4.79 Å². The second-order valence-corrected chi connectivity index (χ2v) is 5.80. The Morgan fingerprint density at radius 1 is 1.17 bits per heavy atom. The third-order valence-corrected chi connectivity index (χ3v) is 4.77. The zero-order valence-electron chi connectivity index (χ0n) is 10.3. The molecule has 18 heavy (non-hydrogen) atoms. The maximum Gasteiger partial charge on any atom is 0.409 e. The normalized spacial score (nSPS) is 21.8. The van der Waals surface area contributed by atoms with Crippen LogP contribution in [-0.2, 0) is 24.7 Å². The minimum atomic E-state index is -0.950. The SMILES string of the molecule is O=C(O)Nc1c2c(nc3c1CCC31CC1)CCC2. The van der Waals surface area contributed by atoms with Crippen molar-refractivity contribution in [2.45, 2.75) is 50.4 Å². The second kappa shape index (κ2) is 3.25. The first-order valence-electron chi connectivity index (χ1n) is 6.75. The van der Waals surface area contributed by atoms with Crippen molar-refractivity contribution in [3.05, 3.63) is 22.5 Å². The van der Waals surface area contributed by atoms with Gasteiger partial charge in [-0.2, -0.15) is 0 Å². The van der Waals surface area contributed by atoms with Crippen molar-refractivity contribution in [1.82, 2.24) is 4.98 Å². The van der Waals surface area contributed by atoms with Gasteiger partial charge in [0.25, 0.3) is 0 Å². The molecule has 1 aromatic rings. The first kappa shape index (κ1) is 10.4. The fourth-order valence-electron chi connectivity index (χ4n) is 3.68. The number of hydrogen-bond donors (Lipinski definition) is 2. The molecule has 4 nitrogen and oxygen atoms in total. The number of carbonyl (C=O) groups is 1. The fourth-order valence-corrected chi connectivity index (χ4v) is 3.68. The lowest BCUT2D eigenvalue weighted by molar-refractivity contribution is 0.209. The van der Waals surface area contributed by atoms with E-state index in [2.05, 4.69) is 5.32 Å². The Labute approximate surface area is 105 Å². The average Bonchev–Trinajstić information content (AvgIpc) is 2.81. The van der Waals surface area contributed by atoms with Crippen LogP contribution in [0.1, 0.15) is 48.2 Å². The Morgan fingerprint density at radius 3 is 2.72 bits per heavy atom. The van der Waals surface area contributed by atoms with Gasteiger partial charge in [0, 0.05) is 11.1 Å². The van der Waals surface area contributed by atoms with Crippen LogP contribution in [-0.4, -0.2) is 16.2 Å². The molecule has 1 heterocycles. The molecule has 0 radical (unpaired) electrons. The van der Waals surface area contributed by atoms with Crippen molar-refractivity contribution in [3.63, 3.8) is 0 Å². The summed E-state index contributed by atoms with van der Waals surface area (Å²) in [5.41, 5.74) is 5.91. The van der Waals surface area contributed by atoms with Gasteiger partial charge >= 0.3 is 6.09 Å². The number of nitrogens with zero attached hydrogens (tertiary/aromatic N) is 1. The number of nitrogens with one attached hydrogen (secondary N) is 1. The van der Waals surface area contributed by atoms with Gasteiger partial charge in [-0.05, 0) is 56.1 Å². The molecule has 0 aliphatic heterocycles. The molecule has 1 saturated carbocycles. The van der Waals surface area contributed by atoms with E-state index in [1.165, 1.54) is 24.1 Å². The molecule has 0 atom stereocenters. The van der Waals surface area contributed by atoms with Gasteiger partial charge in [-0.3, -0.25) is 10.3 Å². The monoisotopic (exact) mass is 244 g/mol. The maximum atomic E-state index is 11.0. The van der Waals surface area contributed by atoms with Crippen LogP contribution < -0.4 is 5.32 Å². The second-order valence-electron chi connectivity index (χ2n) is 5.80. The van der Waals surface area contributed by atoms with Gasteiger partial charge in [-0.15, -0.1) is 0 Å². The summed E-state index contributed by atoms with van der Waals surface area (Å²) in [4.78, 5) is 15.9. The lowest BCUT2D eigenvalue weighted by Gasteiger charge is -2.15. The van der Waals surface area contributed by atoms with Crippen molar-refractivity contribution in [3.8, 4) is 0 Å². The first-order valence-corrected chi connectivity index (χ1v) is 6.75. The van der Waals surface area contributed by atoms with Gasteiger partial charge < -0.3 is 5.11 Å². The molecule has 0 unspecified atom stereocenters. The van der Waals surface area contributed by atoms with Crippen LogP contribution in [0, 0.1) is 0 Å². The minimum Gasteiger partial charge on any atom is -0.465 e. The number of aromatic nitrogens is 1. The number of pyridine rings is 1. The molecular weight excluding hydrogens is 228 g/mol. The van der Waals surface area contributed by atoms with Crippen LogP contribution in [0.4, 0.5) is 10.5 Å². The molecule has 94 valence electrons. The van der Waals surface area contributed by atoms with E-state index in [4.69, 9.17) is 10.1 Å². The maximum absolute atomic E-state index is 11.0. The fraction of sp³-hybridized carbons (Fsp3) is 0.571. The van der Waals surface area contributed by atoms with Crippen LogP contribution in [0.15, 0.2) is 0 Å². The predicted octanol–water partition coefficient (Wildman–Crippen LogP) is 2.64. The number of fused-ring (bicyclic) bond motifs is 3. The highest BCUT2D eigenvalue weighted by atomic mass is 16.4. The highest BCUT2D eigenvalue weighted by Crippen LogP contribution is 2.58. The molecule has 0 saturated heterocycles. The zero-order valence-corrected chi connectivity index (χ0v) is 10.3. The Morgan fingerprint density at radius 2 is 2.00 bits per heavy atom. The van der Waals surface area contributed by atoms with E-state index in [1.54, 1.807) is 0 Å². The van der Waals surface area contributed by atoms with Crippen molar-refractivity contribution >= 4 is 11.8 Å². The quantitative estimate of drug-likeness (QED) is 0.798. The third kappa shape index (κ3) is 1.26. The van der Waals surface area contributed by atoms with E-state index >= 15 is 0 Å². The summed E-state index contributed by atoms with van der Waals surface area (Å²) in [6.07, 6.45) is 6.75. The van der Waals surface area contributed by atoms with Crippen LogP contribution in [0.3, 0.4) is 0 Å². The molecule has 4 rings (SSSR count). The van der Waals surface area contributed by atoms with E-state index in [-0.39, 0.29) is 0 Å². The number of aryl methyl sites for hydroxylation is 1. The van der Waals surface area contributed by atoms with Crippen molar-refractivity contribution in [2.75, 3.05) is 5.32 Å². The van der Waals surface area contributed by atoms with Crippen molar-refractivity contribution < 1.29 is 9.90 Å². The van der Waals surface area contributed by atoms with Crippen molar-refractivity contribution in [1.29, 1.82) is 0 Å². The number of carboxylic acid groups (broad SMARTS) is 1. The third-order valence-electron chi connectivity index (χ3n) is 4.77. The number of rotatable bonds is 1. The summed E-state index contributed by atoms with van der Waals surface area (Å²) in [5.74, 6) is 0. The van der Waals surface area contributed by atoms with E-state index in [0.717, 1.165) is 49.0 Å². The number of anilines is 1. The summed E-state index contributed by atoms with van der Waals surface area (Å²) in [7, 11) is 0. The molecular formula is C14H16N2O2. The summed E-state index contributed by atoms with van der Waals surface area (Å²) >= 11 is 0. The minimum absolute atomic E-state index is 0.321. The van der Waals surface area contributed by atoms with Crippen molar-refractivity contribution in [2.24, 2.45) is 0 Å². The smallest absolute Gasteiger partial charge is 0.409 e. The van der Waals surface area contributed by atoms with Gasteiger partial charge in [0.05, 0.1) is 11.4 Å². The van der Waals surface area contributed by atoms with Gasteiger partial charge in [-0.1, -0.05) is 0 Å². The highest BCUT2D eigenvalue weighted by Gasteiger charge is 2.51. The van der Waals surface area contributed by atoms with Gasteiger partial charge in [-0.25, -0.2) is 4.79 Å². The molecule has 2 N–H and O–H groups in total. The van der Waals surface area contributed by atoms with Crippen LogP contribution >= 0.6 is 0 Å². The molecule has 0 bridgehead atoms. The number of hydrogen-bond acceptors (Lipinski definition) is 2. The van der Waals surface area contributed by atoms with Gasteiger partial charge in [0.2, 0.25) is 0 Å². The molecule has 1 spiro atoms. The molecule has 1 aromatic heterocycles. The molecule has 0 aromatic carbocycles. The van der Waals surface area contributed by atoms with E-state index < -0.39 is 6.09 Å². The first-order chi connectivity index (χ1) is 8.70. The Kier molecular flexibility index (Phi) is 1.87. The highest BCUT2D eigenvalue weighted by molar-refractivity contribution is 5.86. The lowest BCUT2D eigenvalue weighted by Crippen LogP contribution is -2.14. The van der Waals surface area contributed by atoms with E-state index in [1.807, 2.05) is 0 Å². The molecule has 3 aliphatic carbocycles. The molecule has 1 fully saturated rings. The predicted molar refractivity (Wildman–Crippen MR) is 67.1 cm³/mol. The average molecular weight is 244 g/mol. The molecule has 3 aliphatic rings. The van der Waals surface area contributed by atoms with Crippen LogP contribution in [0.5, 0.6) is 0 Å². The largest absolute Gasteiger partial charge is 0.465 e. The summed E-state index contributed by atoms with van der Waals surface area (Å²) in [5, 5.41) is 11.7. The summed E-state index contributed by atoms with van der Waals surface area (Å²) in [6.45, 7) is 0. The Hall–Kier alpha value is -1.58. The van der Waals surface area contributed by atoms with E-state index in [0.29, 0.717) is 5.41 Å². The topological polar surface area (TPSA) is 62.2 Å². The van der Waals surface area contributed by atoms with Crippen LogP contribution in [0.25, 0.3) is 0 Å². The van der Waals surface area contributed by atoms with Gasteiger partial charge in [0.1, 0.15) is 0 Å². The van der Waals surface area contributed by atoms with Gasteiger partial charge in [0.15, 0.2) is 0 Å². The van der Waals surface area contributed by atoms with Crippen LogP contribution in [0.2, 0.25) is 0 Å². The Balaban J connectivity index is 1.92. The summed E-state index contributed by atoms with van der Waals surface area (Å²) < 4.78 is 0. The molecule has 1 amide bonds. The zero-order chi connectivity index (χ0) is 12.3. The molecule has 4 heteroatoms. The summed E-state index contributed by atoms with van der Waals surface area (Å²) in [6, 6.07) is 0. The standard InChI is InChI=1S/C14H16N2O2/c17-13(18)16-11-8-2-1-3-10(8)15-12-9(11)4-5-14(12)6-7-14/h1-7H2,(H,15,16)(H,17,18).